The first-order chi connectivity index (χ1) is 12.2. The molecule has 2 N–H and O–H groups in total. The molecular weight excluding hydrogens is 437 g/mol. The van der Waals surface area contributed by atoms with E-state index in [9.17, 15) is 0 Å². The second-order valence-corrected chi connectivity index (χ2v) is 6.97. The quantitative estimate of drug-likeness (QED) is 0.411. The molecular formula is C20H30IN5. The molecule has 1 aliphatic heterocycles. The van der Waals surface area contributed by atoms with E-state index < -0.39 is 0 Å². The lowest BCUT2D eigenvalue weighted by Gasteiger charge is -2.35. The molecule has 26 heavy (non-hydrogen) atoms. The number of hydrogen-bond acceptors (Lipinski definition) is 3. The highest BCUT2D eigenvalue weighted by Gasteiger charge is 2.21. The number of benzene rings is 1. The van der Waals surface area contributed by atoms with Gasteiger partial charge in [-0.15, -0.1) is 24.0 Å². The van der Waals surface area contributed by atoms with Crippen LogP contribution in [-0.4, -0.2) is 48.1 Å². The van der Waals surface area contributed by atoms with E-state index in [4.69, 9.17) is 0 Å². The van der Waals surface area contributed by atoms with Crippen LogP contribution in [0, 0.1) is 0 Å². The minimum Gasteiger partial charge on any atom is -0.354 e. The molecule has 3 rings (SSSR count). The molecule has 1 fully saturated rings. The van der Waals surface area contributed by atoms with Crippen LogP contribution in [0.25, 0.3) is 10.9 Å². The fourth-order valence-corrected chi connectivity index (χ4v) is 3.44. The van der Waals surface area contributed by atoms with E-state index >= 15 is 0 Å². The van der Waals surface area contributed by atoms with Gasteiger partial charge in [0.1, 0.15) is 0 Å². The molecule has 0 saturated carbocycles. The summed E-state index contributed by atoms with van der Waals surface area (Å²) >= 11 is 0. The molecule has 2 aromatic rings. The second-order valence-electron chi connectivity index (χ2n) is 6.97. The SMILES string of the molecule is CN=C(NCc1cccc2cccnc12)NC1CCN(C(C)C)CC1.I. The molecule has 1 saturated heterocycles. The van der Waals surface area contributed by atoms with Gasteiger partial charge < -0.3 is 15.5 Å². The van der Waals surface area contributed by atoms with Crippen LogP contribution < -0.4 is 10.6 Å². The number of nitrogens with zero attached hydrogens (tertiary/aromatic N) is 3. The van der Waals surface area contributed by atoms with Gasteiger partial charge >= 0.3 is 0 Å². The number of piperidine rings is 1. The minimum absolute atomic E-state index is 0. The molecule has 0 bridgehead atoms. The molecule has 1 aromatic heterocycles. The van der Waals surface area contributed by atoms with Crippen LogP contribution >= 0.6 is 24.0 Å². The van der Waals surface area contributed by atoms with Crippen LogP contribution in [-0.2, 0) is 6.54 Å². The van der Waals surface area contributed by atoms with Crippen LogP contribution in [0.1, 0.15) is 32.3 Å². The van der Waals surface area contributed by atoms with E-state index in [-0.39, 0.29) is 24.0 Å². The summed E-state index contributed by atoms with van der Waals surface area (Å²) in [4.78, 5) is 11.4. The maximum absolute atomic E-state index is 4.52. The maximum atomic E-state index is 4.52. The average Bonchev–Trinajstić information content (AvgIpc) is 2.65. The number of pyridine rings is 1. The van der Waals surface area contributed by atoms with E-state index in [0.29, 0.717) is 12.1 Å². The Morgan fingerprint density at radius 1 is 1.23 bits per heavy atom. The second kappa shape index (κ2) is 10.1. The highest BCUT2D eigenvalue weighted by atomic mass is 127. The van der Waals surface area contributed by atoms with Gasteiger partial charge in [0.05, 0.1) is 5.52 Å². The van der Waals surface area contributed by atoms with Crippen molar-refractivity contribution >= 4 is 40.8 Å². The van der Waals surface area contributed by atoms with Gasteiger partial charge in [0.25, 0.3) is 0 Å². The first-order valence-electron chi connectivity index (χ1n) is 9.21. The predicted octanol–water partition coefficient (Wildman–Crippen LogP) is 3.39. The van der Waals surface area contributed by atoms with Crippen LogP contribution in [0.5, 0.6) is 0 Å². The molecule has 6 heteroatoms. The standard InChI is InChI=1S/C20H29N5.HI/c1-15(2)25-12-9-18(10-13-25)24-20(21-3)23-14-17-7-4-6-16-8-5-11-22-19(16)17;/h4-8,11,15,18H,9-10,12-14H2,1-3H3,(H2,21,23,24);1H. The number of likely N-dealkylation sites (tertiary alicyclic amines) is 1. The number of hydrogen-bond donors (Lipinski definition) is 2. The Bertz CT molecular complexity index is 718. The molecule has 0 atom stereocenters. The number of aliphatic imine (C=N–C) groups is 1. The molecule has 5 nitrogen and oxygen atoms in total. The Hall–Kier alpha value is -1.41. The number of rotatable bonds is 4. The normalized spacial score (nSPS) is 16.5. The van der Waals surface area contributed by atoms with Crippen LogP contribution in [0.2, 0.25) is 0 Å². The van der Waals surface area contributed by atoms with E-state index in [1.807, 2.05) is 19.3 Å². The highest BCUT2D eigenvalue weighted by molar-refractivity contribution is 14.0. The fourth-order valence-electron chi connectivity index (χ4n) is 3.44. The molecule has 2 heterocycles. The van der Waals surface area contributed by atoms with Crippen molar-refractivity contribution in [3.05, 3.63) is 42.1 Å². The minimum atomic E-state index is 0. The van der Waals surface area contributed by atoms with Gasteiger partial charge in [-0.2, -0.15) is 0 Å². The summed E-state index contributed by atoms with van der Waals surface area (Å²) in [6.45, 7) is 7.57. The molecule has 1 aromatic carbocycles. The number of para-hydroxylation sites is 1. The van der Waals surface area contributed by atoms with E-state index in [2.05, 4.69) is 63.6 Å². The van der Waals surface area contributed by atoms with Crippen LogP contribution in [0.4, 0.5) is 0 Å². The largest absolute Gasteiger partial charge is 0.354 e. The summed E-state index contributed by atoms with van der Waals surface area (Å²) in [5.41, 5.74) is 2.24. The summed E-state index contributed by atoms with van der Waals surface area (Å²) in [7, 11) is 1.83. The monoisotopic (exact) mass is 467 g/mol. The third-order valence-corrected chi connectivity index (χ3v) is 4.99. The summed E-state index contributed by atoms with van der Waals surface area (Å²) in [6.07, 6.45) is 4.17. The van der Waals surface area contributed by atoms with E-state index in [0.717, 1.165) is 44.0 Å². The average molecular weight is 467 g/mol. The maximum Gasteiger partial charge on any atom is 0.191 e. The summed E-state index contributed by atoms with van der Waals surface area (Å²) in [5.74, 6) is 0.871. The van der Waals surface area contributed by atoms with Gasteiger partial charge in [-0.05, 0) is 38.3 Å². The molecule has 0 aliphatic carbocycles. The van der Waals surface area contributed by atoms with Crippen LogP contribution in [0.15, 0.2) is 41.5 Å². The van der Waals surface area contributed by atoms with Crippen molar-refractivity contribution in [3.8, 4) is 0 Å². The molecule has 0 unspecified atom stereocenters. The Labute approximate surface area is 173 Å². The first kappa shape index (κ1) is 20.9. The van der Waals surface area contributed by atoms with Gasteiger partial charge in [0, 0.05) is 50.3 Å². The van der Waals surface area contributed by atoms with Crippen molar-refractivity contribution in [2.45, 2.75) is 45.3 Å². The van der Waals surface area contributed by atoms with Gasteiger partial charge in [0.15, 0.2) is 5.96 Å². The summed E-state index contributed by atoms with van der Waals surface area (Å²) in [5, 5.41) is 8.19. The lowest BCUT2D eigenvalue weighted by molar-refractivity contribution is 0.167. The Kier molecular flexibility index (Phi) is 8.09. The lowest BCUT2D eigenvalue weighted by atomic mass is 10.0. The Balaban J connectivity index is 0.00000243. The molecule has 0 spiro atoms. The van der Waals surface area contributed by atoms with Crippen molar-refractivity contribution in [1.29, 1.82) is 0 Å². The molecule has 0 amide bonds. The van der Waals surface area contributed by atoms with E-state index in [1.54, 1.807) is 0 Å². The number of fused-ring (bicyclic) bond motifs is 1. The van der Waals surface area contributed by atoms with Crippen molar-refractivity contribution < 1.29 is 0 Å². The summed E-state index contributed by atoms with van der Waals surface area (Å²) in [6, 6.07) is 11.5. The first-order valence-corrected chi connectivity index (χ1v) is 9.21. The Morgan fingerprint density at radius 2 is 1.96 bits per heavy atom. The zero-order valence-electron chi connectivity index (χ0n) is 15.9. The number of nitrogens with one attached hydrogen (secondary N) is 2. The van der Waals surface area contributed by atoms with Gasteiger partial charge in [0.2, 0.25) is 0 Å². The third kappa shape index (κ3) is 5.30. The Morgan fingerprint density at radius 3 is 2.65 bits per heavy atom. The molecule has 1 aliphatic rings. The van der Waals surface area contributed by atoms with Gasteiger partial charge in [-0.1, -0.05) is 24.3 Å². The van der Waals surface area contributed by atoms with Crippen molar-refractivity contribution in [2.75, 3.05) is 20.1 Å². The zero-order valence-corrected chi connectivity index (χ0v) is 18.2. The predicted molar refractivity (Wildman–Crippen MR) is 120 cm³/mol. The molecule has 142 valence electrons. The summed E-state index contributed by atoms with van der Waals surface area (Å²) < 4.78 is 0. The van der Waals surface area contributed by atoms with Crippen molar-refractivity contribution in [2.24, 2.45) is 4.99 Å². The fraction of sp³-hybridized carbons (Fsp3) is 0.500. The molecule has 0 radical (unpaired) electrons. The van der Waals surface area contributed by atoms with Crippen molar-refractivity contribution in [3.63, 3.8) is 0 Å². The highest BCUT2D eigenvalue weighted by Crippen LogP contribution is 2.16. The van der Waals surface area contributed by atoms with Gasteiger partial charge in [-0.3, -0.25) is 9.98 Å². The van der Waals surface area contributed by atoms with Crippen LogP contribution in [0.3, 0.4) is 0 Å². The third-order valence-electron chi connectivity index (χ3n) is 4.99. The van der Waals surface area contributed by atoms with Crippen molar-refractivity contribution in [1.82, 2.24) is 20.5 Å². The smallest absolute Gasteiger partial charge is 0.191 e. The lowest BCUT2D eigenvalue weighted by Crippen LogP contribution is -2.49. The zero-order chi connectivity index (χ0) is 17.6. The van der Waals surface area contributed by atoms with E-state index in [1.165, 1.54) is 10.9 Å². The topological polar surface area (TPSA) is 52.6 Å². The van der Waals surface area contributed by atoms with Gasteiger partial charge in [-0.25, -0.2) is 0 Å². The number of halogens is 1. The number of aromatic nitrogens is 1. The number of guanidine groups is 1.